The highest BCUT2D eigenvalue weighted by molar-refractivity contribution is 5.88. The Morgan fingerprint density at radius 1 is 1.29 bits per heavy atom. The minimum Gasteiger partial charge on any atom is -0.373 e. The maximum atomic E-state index is 12.5. The second kappa shape index (κ2) is 3.95. The topological polar surface area (TPSA) is 41.6 Å². The first-order chi connectivity index (χ1) is 8.14. The summed E-state index contributed by atoms with van der Waals surface area (Å²) in [4.78, 5) is 14.4. The van der Waals surface area contributed by atoms with E-state index in [4.69, 9.17) is 4.74 Å². The molecule has 1 unspecified atom stereocenters. The summed E-state index contributed by atoms with van der Waals surface area (Å²) in [5.74, 6) is 0.312. The van der Waals surface area contributed by atoms with Gasteiger partial charge in [0.1, 0.15) is 0 Å². The van der Waals surface area contributed by atoms with E-state index in [2.05, 4.69) is 12.2 Å². The molecule has 1 aliphatic carbocycles. The summed E-state index contributed by atoms with van der Waals surface area (Å²) in [5.41, 5.74) is -0.323. The summed E-state index contributed by atoms with van der Waals surface area (Å²) < 4.78 is 5.78. The molecule has 1 amide bonds. The van der Waals surface area contributed by atoms with E-state index in [1.165, 1.54) is 12.8 Å². The second-order valence-corrected chi connectivity index (χ2v) is 6.03. The maximum absolute atomic E-state index is 12.5. The lowest BCUT2D eigenvalue weighted by molar-refractivity contribution is -0.135. The van der Waals surface area contributed by atoms with Crippen LogP contribution in [0, 0.1) is 0 Å². The first-order valence-electron chi connectivity index (χ1n) is 6.82. The van der Waals surface area contributed by atoms with Gasteiger partial charge in [0, 0.05) is 6.61 Å². The molecule has 0 aromatic rings. The molecule has 3 aliphatic rings. The zero-order valence-corrected chi connectivity index (χ0v) is 10.6. The summed E-state index contributed by atoms with van der Waals surface area (Å²) in [5, 5.41) is 3.44. The van der Waals surface area contributed by atoms with Crippen molar-refractivity contribution >= 4 is 5.91 Å². The van der Waals surface area contributed by atoms with Crippen molar-refractivity contribution in [2.45, 2.75) is 56.6 Å². The fourth-order valence-electron chi connectivity index (χ4n) is 3.56. The summed E-state index contributed by atoms with van der Waals surface area (Å²) in [6.07, 6.45) is 6.58. The third kappa shape index (κ3) is 1.87. The van der Waals surface area contributed by atoms with Gasteiger partial charge in [-0.2, -0.15) is 0 Å². The fourth-order valence-corrected chi connectivity index (χ4v) is 3.56. The number of hydrogen-bond acceptors (Lipinski definition) is 3. The van der Waals surface area contributed by atoms with Crippen LogP contribution in [0.5, 0.6) is 0 Å². The van der Waals surface area contributed by atoms with Crippen molar-refractivity contribution < 1.29 is 9.53 Å². The van der Waals surface area contributed by atoms with E-state index in [9.17, 15) is 4.79 Å². The van der Waals surface area contributed by atoms with Gasteiger partial charge in [0.25, 0.3) is 0 Å². The normalized spacial score (nSPS) is 36.3. The van der Waals surface area contributed by atoms with E-state index in [1.807, 2.05) is 4.90 Å². The minimum absolute atomic E-state index is 0.110. The van der Waals surface area contributed by atoms with Gasteiger partial charge in [-0.1, -0.05) is 12.8 Å². The van der Waals surface area contributed by atoms with Crippen LogP contribution < -0.4 is 5.32 Å². The van der Waals surface area contributed by atoms with Crippen molar-refractivity contribution in [3.05, 3.63) is 0 Å². The largest absolute Gasteiger partial charge is 0.373 e. The molecule has 1 N–H and O–H groups in total. The van der Waals surface area contributed by atoms with E-state index < -0.39 is 0 Å². The molecule has 0 radical (unpaired) electrons. The Labute approximate surface area is 103 Å². The van der Waals surface area contributed by atoms with Crippen LogP contribution in [0.25, 0.3) is 0 Å². The monoisotopic (exact) mass is 238 g/mol. The molecule has 0 bridgehead atoms. The van der Waals surface area contributed by atoms with Crippen LogP contribution in [0.3, 0.4) is 0 Å². The third-order valence-electron chi connectivity index (χ3n) is 4.59. The highest BCUT2D eigenvalue weighted by Crippen LogP contribution is 2.36. The lowest BCUT2D eigenvalue weighted by atomic mass is 9.97. The Kier molecular flexibility index (Phi) is 2.67. The summed E-state index contributed by atoms with van der Waals surface area (Å²) in [6.45, 7) is 4.43. The van der Waals surface area contributed by atoms with Crippen molar-refractivity contribution in [3.8, 4) is 0 Å². The molecule has 2 saturated heterocycles. The fraction of sp³-hybridized carbons (Fsp3) is 0.923. The van der Waals surface area contributed by atoms with Crippen LogP contribution in [0.15, 0.2) is 0 Å². The number of nitrogens with one attached hydrogen (secondary N) is 1. The molecule has 3 rings (SSSR count). The Morgan fingerprint density at radius 3 is 2.71 bits per heavy atom. The summed E-state index contributed by atoms with van der Waals surface area (Å²) in [7, 11) is 0. The van der Waals surface area contributed by atoms with Gasteiger partial charge in [-0.25, -0.2) is 0 Å². The Balaban J connectivity index is 1.67. The van der Waals surface area contributed by atoms with Crippen molar-refractivity contribution in [1.82, 2.24) is 10.2 Å². The average Bonchev–Trinajstić information content (AvgIpc) is 2.99. The van der Waals surface area contributed by atoms with Gasteiger partial charge in [0.05, 0.1) is 24.4 Å². The van der Waals surface area contributed by atoms with Gasteiger partial charge < -0.3 is 9.64 Å². The zero-order valence-electron chi connectivity index (χ0n) is 10.6. The second-order valence-electron chi connectivity index (χ2n) is 6.03. The quantitative estimate of drug-likeness (QED) is 0.787. The van der Waals surface area contributed by atoms with Crippen LogP contribution in [-0.2, 0) is 9.53 Å². The molecular weight excluding hydrogens is 216 g/mol. The number of carbonyl (C=O) groups is 1. The number of amides is 1. The van der Waals surface area contributed by atoms with Gasteiger partial charge in [0.15, 0.2) is 0 Å². The van der Waals surface area contributed by atoms with E-state index in [-0.39, 0.29) is 11.1 Å². The van der Waals surface area contributed by atoms with E-state index >= 15 is 0 Å². The van der Waals surface area contributed by atoms with Crippen LogP contribution in [0.4, 0.5) is 0 Å². The van der Waals surface area contributed by atoms with Gasteiger partial charge in [-0.15, -0.1) is 0 Å². The molecule has 96 valence electrons. The Bertz CT molecular complexity index is 317. The molecule has 17 heavy (non-hydrogen) atoms. The van der Waals surface area contributed by atoms with Crippen molar-refractivity contribution in [2.24, 2.45) is 0 Å². The van der Waals surface area contributed by atoms with Crippen LogP contribution in [0.2, 0.25) is 0 Å². The van der Waals surface area contributed by atoms with Crippen LogP contribution in [0.1, 0.15) is 45.4 Å². The average molecular weight is 238 g/mol. The molecule has 3 fully saturated rings. The molecule has 0 aromatic heterocycles. The molecular formula is C13H22N2O2. The molecule has 1 saturated carbocycles. The highest BCUT2D eigenvalue weighted by Gasteiger charge is 2.49. The molecule has 1 spiro atoms. The number of carbonyl (C=O) groups excluding carboxylic acids is 1. The van der Waals surface area contributed by atoms with Crippen LogP contribution >= 0.6 is 0 Å². The molecule has 2 heterocycles. The predicted octanol–water partition coefficient (Wildman–Crippen LogP) is 1.26. The molecule has 1 atom stereocenters. The number of rotatable bonds is 2. The number of hydrogen-bond donors (Lipinski definition) is 1. The standard InChI is InChI=1S/C13H22N2O2/c1-12(5-4-8-17-12)9-15-10-14-13(11(15)16)6-2-3-7-13/h14H,2-10H2,1H3. The van der Waals surface area contributed by atoms with E-state index in [0.717, 1.165) is 38.8 Å². The lowest BCUT2D eigenvalue weighted by Crippen LogP contribution is -2.46. The van der Waals surface area contributed by atoms with Gasteiger partial charge in [-0.05, 0) is 32.6 Å². The van der Waals surface area contributed by atoms with Gasteiger partial charge in [0.2, 0.25) is 5.91 Å². The third-order valence-corrected chi connectivity index (χ3v) is 4.59. The molecule has 4 nitrogen and oxygen atoms in total. The zero-order chi connectivity index (χ0) is 11.9. The maximum Gasteiger partial charge on any atom is 0.244 e. The Morgan fingerprint density at radius 2 is 2.06 bits per heavy atom. The lowest BCUT2D eigenvalue weighted by Gasteiger charge is -2.29. The summed E-state index contributed by atoms with van der Waals surface area (Å²) >= 11 is 0. The Hall–Kier alpha value is -0.610. The molecule has 0 aromatic carbocycles. The highest BCUT2D eigenvalue weighted by atomic mass is 16.5. The molecule has 2 aliphatic heterocycles. The van der Waals surface area contributed by atoms with Crippen molar-refractivity contribution in [1.29, 1.82) is 0 Å². The predicted molar refractivity (Wildman–Crippen MR) is 64.5 cm³/mol. The van der Waals surface area contributed by atoms with E-state index in [1.54, 1.807) is 0 Å². The van der Waals surface area contributed by atoms with Crippen LogP contribution in [-0.4, -0.2) is 41.8 Å². The van der Waals surface area contributed by atoms with E-state index in [0.29, 0.717) is 12.6 Å². The SMILES string of the molecule is CC1(CN2CNC3(CCCC3)C2=O)CCCO1. The number of ether oxygens (including phenoxy) is 1. The minimum atomic E-state index is -0.213. The molecule has 4 heteroatoms. The first kappa shape index (κ1) is 11.5. The number of nitrogens with zero attached hydrogens (tertiary/aromatic N) is 1. The summed E-state index contributed by atoms with van der Waals surface area (Å²) in [6, 6.07) is 0. The smallest absolute Gasteiger partial charge is 0.244 e. The first-order valence-corrected chi connectivity index (χ1v) is 6.82. The van der Waals surface area contributed by atoms with Gasteiger partial charge >= 0.3 is 0 Å². The van der Waals surface area contributed by atoms with Gasteiger partial charge in [-0.3, -0.25) is 10.1 Å². The van der Waals surface area contributed by atoms with Crippen molar-refractivity contribution in [2.75, 3.05) is 19.8 Å². The van der Waals surface area contributed by atoms with Crippen molar-refractivity contribution in [3.63, 3.8) is 0 Å².